The van der Waals surface area contributed by atoms with E-state index >= 15 is 0 Å². The van der Waals surface area contributed by atoms with Gasteiger partial charge in [-0.3, -0.25) is 4.79 Å². The van der Waals surface area contributed by atoms with Gasteiger partial charge in [0.2, 0.25) is 5.91 Å². The maximum absolute atomic E-state index is 11.0. The Kier molecular flexibility index (Phi) is 4.36. The van der Waals surface area contributed by atoms with E-state index in [1.165, 1.54) is 0 Å². The number of nitrogens with two attached hydrogens (primary N) is 1. The minimum absolute atomic E-state index is 0.0321. The van der Waals surface area contributed by atoms with Crippen LogP contribution in [0.4, 0.5) is 0 Å². The fourth-order valence-corrected chi connectivity index (χ4v) is 3.06. The summed E-state index contributed by atoms with van der Waals surface area (Å²) in [5.74, 6) is 0.333. The number of thiazole rings is 1. The number of halogens is 1. The lowest BCUT2D eigenvalue weighted by atomic mass is 10.1. The number of aromatic nitrogens is 1. The second-order valence-electron chi connectivity index (χ2n) is 4.30. The van der Waals surface area contributed by atoms with Gasteiger partial charge in [-0.25, -0.2) is 4.98 Å². The molecule has 1 aromatic heterocycles. The number of amides is 1. The number of carbonyl (C=O) groups excluding carboxylic acids is 1. The highest BCUT2D eigenvalue weighted by atomic mass is 35.5. The zero-order valence-corrected chi connectivity index (χ0v) is 11.1. The molecule has 1 aromatic rings. The lowest BCUT2D eigenvalue weighted by molar-refractivity contribution is -0.121. The number of alkyl halides is 1. The molecule has 1 amide bonds. The Bertz CT molecular complexity index is 396. The topological polar surface area (TPSA) is 59.2 Å². The van der Waals surface area contributed by atoms with Crippen molar-refractivity contribution in [2.45, 2.75) is 18.7 Å². The molecule has 2 N–H and O–H groups in total. The number of primary amides is 1. The van der Waals surface area contributed by atoms with Crippen LogP contribution >= 0.6 is 22.9 Å². The second kappa shape index (κ2) is 5.80. The Morgan fingerprint density at radius 3 is 3.12 bits per heavy atom. The number of hydrogen-bond acceptors (Lipinski definition) is 4. The van der Waals surface area contributed by atoms with Gasteiger partial charge >= 0.3 is 0 Å². The first kappa shape index (κ1) is 12.8. The van der Waals surface area contributed by atoms with Gasteiger partial charge < -0.3 is 10.6 Å². The number of carbonyl (C=O) groups is 1. The summed E-state index contributed by atoms with van der Waals surface area (Å²) in [5, 5.41) is 3.11. The third kappa shape index (κ3) is 3.40. The standard InChI is InChI=1S/C11H16ClN3OS/c12-5-9-7-17-10(14-9)2-4-15-3-1-8(6-15)11(13)16/h7-8H,1-6H2,(H2,13,16). The molecule has 1 fully saturated rings. The quantitative estimate of drug-likeness (QED) is 0.821. The van der Waals surface area contributed by atoms with E-state index < -0.39 is 0 Å². The Balaban J connectivity index is 1.77. The molecular weight excluding hydrogens is 258 g/mol. The van der Waals surface area contributed by atoms with Crippen LogP contribution in [0.3, 0.4) is 0 Å². The van der Waals surface area contributed by atoms with Crippen LogP contribution in [0, 0.1) is 5.92 Å². The van der Waals surface area contributed by atoms with Crippen molar-refractivity contribution in [2.75, 3.05) is 19.6 Å². The van der Waals surface area contributed by atoms with E-state index in [1.807, 2.05) is 5.38 Å². The van der Waals surface area contributed by atoms with E-state index in [9.17, 15) is 4.79 Å². The van der Waals surface area contributed by atoms with Gasteiger partial charge in [-0.05, 0) is 13.0 Å². The van der Waals surface area contributed by atoms with Gasteiger partial charge in [0.05, 0.1) is 22.5 Å². The lowest BCUT2D eigenvalue weighted by Gasteiger charge is -2.13. The summed E-state index contributed by atoms with van der Waals surface area (Å²) in [6, 6.07) is 0. The van der Waals surface area contributed by atoms with Crippen LogP contribution in [-0.2, 0) is 17.1 Å². The molecule has 1 aliphatic heterocycles. The third-order valence-corrected chi connectivity index (χ3v) is 4.28. The maximum Gasteiger partial charge on any atom is 0.221 e. The van der Waals surface area contributed by atoms with E-state index in [4.69, 9.17) is 17.3 Å². The molecule has 2 heterocycles. The second-order valence-corrected chi connectivity index (χ2v) is 5.51. The fraction of sp³-hybridized carbons (Fsp3) is 0.636. The first-order valence-corrected chi connectivity index (χ1v) is 7.11. The van der Waals surface area contributed by atoms with Crippen molar-refractivity contribution < 1.29 is 4.79 Å². The summed E-state index contributed by atoms with van der Waals surface area (Å²) in [5.41, 5.74) is 6.25. The van der Waals surface area contributed by atoms with Crippen molar-refractivity contribution in [1.29, 1.82) is 0 Å². The molecule has 1 saturated heterocycles. The van der Waals surface area contributed by atoms with E-state index in [0.717, 1.165) is 43.2 Å². The predicted molar refractivity (Wildman–Crippen MR) is 69.1 cm³/mol. The van der Waals surface area contributed by atoms with Gasteiger partial charge in [-0.2, -0.15) is 0 Å². The van der Waals surface area contributed by atoms with Crippen LogP contribution < -0.4 is 5.73 Å². The van der Waals surface area contributed by atoms with Crippen molar-refractivity contribution in [3.63, 3.8) is 0 Å². The van der Waals surface area contributed by atoms with E-state index in [1.54, 1.807) is 11.3 Å². The SMILES string of the molecule is NC(=O)C1CCN(CCc2nc(CCl)cs2)C1. The number of hydrogen-bond donors (Lipinski definition) is 1. The van der Waals surface area contributed by atoms with Crippen molar-refractivity contribution in [3.05, 3.63) is 16.1 Å². The Hall–Kier alpha value is -0.650. The highest BCUT2D eigenvalue weighted by molar-refractivity contribution is 7.09. The molecule has 6 heteroatoms. The summed E-state index contributed by atoms with van der Waals surface area (Å²) in [4.78, 5) is 17.7. The Morgan fingerprint density at radius 2 is 2.53 bits per heavy atom. The average molecular weight is 274 g/mol. The normalized spacial score (nSPS) is 20.9. The largest absolute Gasteiger partial charge is 0.369 e. The highest BCUT2D eigenvalue weighted by Gasteiger charge is 2.26. The van der Waals surface area contributed by atoms with Gasteiger partial charge in [-0.15, -0.1) is 22.9 Å². The van der Waals surface area contributed by atoms with Crippen molar-refractivity contribution in [1.82, 2.24) is 9.88 Å². The van der Waals surface area contributed by atoms with Crippen molar-refractivity contribution >= 4 is 28.8 Å². The number of likely N-dealkylation sites (tertiary alicyclic amines) is 1. The molecule has 0 radical (unpaired) electrons. The average Bonchev–Trinajstić information content (AvgIpc) is 2.95. The van der Waals surface area contributed by atoms with E-state index in [2.05, 4.69) is 9.88 Å². The molecule has 0 aromatic carbocycles. The molecular formula is C11H16ClN3OS. The van der Waals surface area contributed by atoms with Crippen LogP contribution in [0.25, 0.3) is 0 Å². The smallest absolute Gasteiger partial charge is 0.221 e. The number of nitrogens with zero attached hydrogens (tertiary/aromatic N) is 2. The third-order valence-electron chi connectivity index (χ3n) is 3.05. The minimum atomic E-state index is -0.175. The molecule has 1 aliphatic rings. The fourth-order valence-electron chi connectivity index (χ4n) is 2.05. The molecule has 94 valence electrons. The molecule has 1 unspecified atom stereocenters. The molecule has 17 heavy (non-hydrogen) atoms. The van der Waals surface area contributed by atoms with Crippen LogP contribution in [0.1, 0.15) is 17.1 Å². The molecule has 0 aliphatic carbocycles. The van der Waals surface area contributed by atoms with Crippen LogP contribution in [0.2, 0.25) is 0 Å². The van der Waals surface area contributed by atoms with Crippen LogP contribution in [0.5, 0.6) is 0 Å². The van der Waals surface area contributed by atoms with Crippen molar-refractivity contribution in [2.24, 2.45) is 11.7 Å². The first-order valence-electron chi connectivity index (χ1n) is 5.70. The van der Waals surface area contributed by atoms with E-state index in [-0.39, 0.29) is 11.8 Å². The maximum atomic E-state index is 11.0. The summed E-state index contributed by atoms with van der Waals surface area (Å²) in [7, 11) is 0. The summed E-state index contributed by atoms with van der Waals surface area (Å²) < 4.78 is 0. The Labute approximate surface area is 110 Å². The zero-order chi connectivity index (χ0) is 12.3. The summed E-state index contributed by atoms with van der Waals surface area (Å²) >= 11 is 7.35. The number of rotatable bonds is 5. The van der Waals surface area contributed by atoms with E-state index in [0.29, 0.717) is 5.88 Å². The zero-order valence-electron chi connectivity index (χ0n) is 9.56. The summed E-state index contributed by atoms with van der Waals surface area (Å²) in [6.07, 6.45) is 1.81. The van der Waals surface area contributed by atoms with Gasteiger partial charge in [-0.1, -0.05) is 0 Å². The monoisotopic (exact) mass is 273 g/mol. The van der Waals surface area contributed by atoms with Crippen LogP contribution in [0.15, 0.2) is 5.38 Å². The van der Waals surface area contributed by atoms with Gasteiger partial charge in [0.15, 0.2) is 0 Å². The molecule has 4 nitrogen and oxygen atoms in total. The van der Waals surface area contributed by atoms with Crippen molar-refractivity contribution in [3.8, 4) is 0 Å². The first-order chi connectivity index (χ1) is 8.19. The molecule has 0 bridgehead atoms. The van der Waals surface area contributed by atoms with Gasteiger partial charge in [0.1, 0.15) is 0 Å². The molecule has 0 saturated carbocycles. The molecule has 1 atom stereocenters. The predicted octanol–water partition coefficient (Wildman–Crippen LogP) is 1.23. The van der Waals surface area contributed by atoms with Gasteiger partial charge in [0.25, 0.3) is 0 Å². The lowest BCUT2D eigenvalue weighted by Crippen LogP contribution is -2.28. The minimum Gasteiger partial charge on any atom is -0.369 e. The Morgan fingerprint density at radius 1 is 1.71 bits per heavy atom. The van der Waals surface area contributed by atoms with Crippen LogP contribution in [-0.4, -0.2) is 35.4 Å². The molecule has 0 spiro atoms. The molecule has 2 rings (SSSR count). The van der Waals surface area contributed by atoms with Gasteiger partial charge in [0, 0.05) is 24.9 Å². The highest BCUT2D eigenvalue weighted by Crippen LogP contribution is 2.17. The summed E-state index contributed by atoms with van der Waals surface area (Å²) in [6.45, 7) is 2.70.